The fraction of sp³-hybridized carbons (Fsp3) is 0.419. The Hall–Kier alpha value is -3.14. The standard InChI is InChI=1S/C31H46N4/c1-13-16-17-25(21(4)5)30(28(14-2)32-12)35-24-18-26(22(6)7)29(33-15-3)27(19-24)23(8)34-20-31(9,10)11/h13-19,22,30,34-35H,3-4,12,20H2,1-2,5-11H3/b16-13-,25-17+,27-23+,28-14-,33-29-. The van der Waals surface area contributed by atoms with Crippen molar-refractivity contribution in [3.05, 3.63) is 95.2 Å². The van der Waals surface area contributed by atoms with E-state index in [9.17, 15) is 0 Å². The zero-order valence-electron chi connectivity index (χ0n) is 23.4. The van der Waals surface area contributed by atoms with Crippen LogP contribution in [0.15, 0.2) is 105 Å². The lowest BCUT2D eigenvalue weighted by Gasteiger charge is -2.29. The highest BCUT2D eigenvalue weighted by atomic mass is 15.0. The lowest BCUT2D eigenvalue weighted by atomic mass is 9.86. The van der Waals surface area contributed by atoms with E-state index in [1.54, 1.807) is 6.20 Å². The Bertz CT molecular complexity index is 1010. The molecule has 0 spiro atoms. The predicted molar refractivity (Wildman–Crippen MR) is 157 cm³/mol. The first-order valence-electron chi connectivity index (χ1n) is 12.4. The minimum atomic E-state index is -0.191. The smallest absolute Gasteiger partial charge is 0.0938 e. The normalized spacial score (nSPS) is 18.9. The number of hydrogen-bond donors (Lipinski definition) is 2. The molecule has 1 rings (SSSR count). The monoisotopic (exact) mass is 474 g/mol. The summed E-state index contributed by atoms with van der Waals surface area (Å²) in [5.41, 5.74) is 8.28. The minimum absolute atomic E-state index is 0.156. The van der Waals surface area contributed by atoms with Gasteiger partial charge in [0.25, 0.3) is 0 Å². The van der Waals surface area contributed by atoms with Crippen molar-refractivity contribution in [2.75, 3.05) is 6.54 Å². The summed E-state index contributed by atoms with van der Waals surface area (Å²) in [4.78, 5) is 9.01. The predicted octanol–water partition coefficient (Wildman–Crippen LogP) is 7.60. The van der Waals surface area contributed by atoms with Crippen LogP contribution in [0.5, 0.6) is 0 Å². The fourth-order valence-corrected chi connectivity index (χ4v) is 3.71. The van der Waals surface area contributed by atoms with E-state index in [4.69, 9.17) is 0 Å². The van der Waals surface area contributed by atoms with Gasteiger partial charge in [-0.1, -0.05) is 77.7 Å². The highest BCUT2D eigenvalue weighted by Crippen LogP contribution is 2.29. The summed E-state index contributed by atoms with van der Waals surface area (Å²) in [5, 5.41) is 7.35. The number of nitrogens with zero attached hydrogens (tertiary/aromatic N) is 2. The summed E-state index contributed by atoms with van der Waals surface area (Å²) in [5.74, 6) is 0.279. The first-order chi connectivity index (χ1) is 16.4. The van der Waals surface area contributed by atoms with Crippen LogP contribution in [-0.4, -0.2) is 25.0 Å². The maximum atomic E-state index is 4.69. The van der Waals surface area contributed by atoms with Crippen LogP contribution in [0.3, 0.4) is 0 Å². The lowest BCUT2D eigenvalue weighted by molar-refractivity contribution is 0.396. The third-order valence-electron chi connectivity index (χ3n) is 5.63. The van der Waals surface area contributed by atoms with Gasteiger partial charge in [0.1, 0.15) is 0 Å². The van der Waals surface area contributed by atoms with E-state index in [0.29, 0.717) is 0 Å². The van der Waals surface area contributed by atoms with Crippen molar-refractivity contribution in [2.24, 2.45) is 21.3 Å². The van der Waals surface area contributed by atoms with Crippen molar-refractivity contribution in [3.8, 4) is 0 Å². The van der Waals surface area contributed by atoms with Crippen LogP contribution < -0.4 is 10.6 Å². The highest BCUT2D eigenvalue weighted by Gasteiger charge is 2.25. The van der Waals surface area contributed by atoms with Crippen LogP contribution in [0.4, 0.5) is 0 Å². The molecule has 35 heavy (non-hydrogen) atoms. The zero-order chi connectivity index (χ0) is 26.8. The van der Waals surface area contributed by atoms with Gasteiger partial charge in [-0.15, -0.1) is 0 Å². The van der Waals surface area contributed by atoms with Gasteiger partial charge >= 0.3 is 0 Å². The van der Waals surface area contributed by atoms with Crippen molar-refractivity contribution in [3.63, 3.8) is 0 Å². The summed E-state index contributed by atoms with van der Waals surface area (Å²) in [6.07, 6.45) is 14.1. The Labute approximate surface area is 214 Å². The summed E-state index contributed by atoms with van der Waals surface area (Å²) in [6, 6.07) is -0.191. The molecule has 0 saturated carbocycles. The van der Waals surface area contributed by atoms with Gasteiger partial charge in [-0.2, -0.15) is 0 Å². The van der Waals surface area contributed by atoms with Crippen LogP contribution >= 0.6 is 0 Å². The third kappa shape index (κ3) is 8.86. The van der Waals surface area contributed by atoms with Gasteiger partial charge in [-0.25, -0.2) is 0 Å². The van der Waals surface area contributed by atoms with Gasteiger partial charge in [0, 0.05) is 29.7 Å². The van der Waals surface area contributed by atoms with Gasteiger partial charge in [-0.05, 0) is 69.0 Å². The van der Waals surface area contributed by atoms with E-state index in [1.165, 1.54) is 0 Å². The van der Waals surface area contributed by atoms with E-state index in [0.717, 1.165) is 51.6 Å². The lowest BCUT2D eigenvalue weighted by Crippen LogP contribution is -2.34. The third-order valence-corrected chi connectivity index (χ3v) is 5.63. The molecule has 1 aliphatic rings. The molecule has 4 nitrogen and oxygen atoms in total. The summed E-state index contributed by atoms with van der Waals surface area (Å²) >= 11 is 0. The molecule has 0 aromatic rings. The molecule has 0 aliphatic heterocycles. The Kier molecular flexibility index (Phi) is 11.7. The summed E-state index contributed by atoms with van der Waals surface area (Å²) < 4.78 is 0. The van der Waals surface area contributed by atoms with Crippen molar-refractivity contribution in [1.82, 2.24) is 10.6 Å². The Balaban J connectivity index is 3.74. The molecule has 1 unspecified atom stereocenters. The topological polar surface area (TPSA) is 48.8 Å². The quantitative estimate of drug-likeness (QED) is 0.239. The molecule has 0 radical (unpaired) electrons. The van der Waals surface area contributed by atoms with Crippen LogP contribution in [0, 0.1) is 11.3 Å². The molecule has 1 aliphatic carbocycles. The maximum Gasteiger partial charge on any atom is 0.0938 e. The Morgan fingerprint density at radius 1 is 1.14 bits per heavy atom. The second-order valence-corrected chi connectivity index (χ2v) is 10.3. The van der Waals surface area contributed by atoms with Crippen LogP contribution in [-0.2, 0) is 0 Å². The number of rotatable bonds is 11. The fourth-order valence-electron chi connectivity index (χ4n) is 3.71. The van der Waals surface area contributed by atoms with Crippen molar-refractivity contribution >= 4 is 12.4 Å². The molecular weight excluding hydrogens is 428 g/mol. The number of aliphatic imine (C=N–C) groups is 2. The second kappa shape index (κ2) is 13.7. The van der Waals surface area contributed by atoms with Gasteiger partial charge in [-0.3, -0.25) is 9.98 Å². The van der Waals surface area contributed by atoms with Crippen molar-refractivity contribution in [2.45, 2.75) is 68.4 Å². The molecule has 0 saturated heterocycles. The molecule has 1 atom stereocenters. The highest BCUT2D eigenvalue weighted by molar-refractivity contribution is 6.16. The molecule has 0 fully saturated rings. The Morgan fingerprint density at radius 2 is 1.80 bits per heavy atom. The first kappa shape index (κ1) is 29.9. The molecule has 0 aromatic carbocycles. The van der Waals surface area contributed by atoms with E-state index < -0.39 is 0 Å². The van der Waals surface area contributed by atoms with Crippen LogP contribution in [0.25, 0.3) is 0 Å². The second-order valence-electron chi connectivity index (χ2n) is 10.3. The first-order valence-corrected chi connectivity index (χ1v) is 12.4. The molecule has 0 aromatic heterocycles. The van der Waals surface area contributed by atoms with Gasteiger partial charge in [0.2, 0.25) is 0 Å². The van der Waals surface area contributed by atoms with Gasteiger partial charge in [0.05, 0.1) is 17.5 Å². The van der Waals surface area contributed by atoms with E-state index >= 15 is 0 Å². The molecule has 4 heteroatoms. The maximum absolute atomic E-state index is 4.69. The molecule has 0 amide bonds. The Morgan fingerprint density at radius 3 is 2.26 bits per heavy atom. The molecular formula is C31H46N4. The van der Waals surface area contributed by atoms with Crippen molar-refractivity contribution in [1.29, 1.82) is 0 Å². The average Bonchev–Trinajstić information content (AvgIpc) is 2.78. The molecule has 0 heterocycles. The van der Waals surface area contributed by atoms with E-state index in [2.05, 4.69) is 100 Å². The SMILES string of the molecule is C=C/N=C1/C(C(C)C)=CC(NC(/C(=C/C)N=C)/C(=C/C=C\C)C(=C)C)=C/C1=C(/C)NCC(C)(C)C. The van der Waals surface area contributed by atoms with Gasteiger partial charge < -0.3 is 10.6 Å². The minimum Gasteiger partial charge on any atom is -0.387 e. The summed E-state index contributed by atoms with van der Waals surface area (Å²) in [6.45, 7) is 31.9. The van der Waals surface area contributed by atoms with Crippen LogP contribution in [0.2, 0.25) is 0 Å². The number of allylic oxidation sites excluding steroid dienone is 9. The van der Waals surface area contributed by atoms with Gasteiger partial charge in [0.15, 0.2) is 0 Å². The molecule has 2 N–H and O–H groups in total. The van der Waals surface area contributed by atoms with E-state index in [1.807, 2.05) is 39.0 Å². The zero-order valence-corrected chi connectivity index (χ0v) is 23.4. The largest absolute Gasteiger partial charge is 0.387 e. The summed E-state index contributed by atoms with van der Waals surface area (Å²) in [7, 11) is 0. The average molecular weight is 475 g/mol. The van der Waals surface area contributed by atoms with E-state index in [-0.39, 0.29) is 17.4 Å². The van der Waals surface area contributed by atoms with Crippen molar-refractivity contribution < 1.29 is 0 Å². The molecule has 190 valence electrons. The number of nitrogens with one attached hydrogen (secondary N) is 2. The molecule has 0 bridgehead atoms. The van der Waals surface area contributed by atoms with Crippen LogP contribution in [0.1, 0.15) is 62.3 Å². The number of hydrogen-bond acceptors (Lipinski definition) is 4.